The van der Waals surface area contributed by atoms with Crippen molar-refractivity contribution in [2.45, 2.75) is 32.1 Å². The van der Waals surface area contributed by atoms with Crippen LogP contribution in [-0.4, -0.2) is 18.4 Å². The van der Waals surface area contributed by atoms with E-state index >= 15 is 0 Å². The van der Waals surface area contributed by atoms with E-state index in [1.807, 2.05) is 0 Å². The Bertz CT molecular complexity index is 334. The van der Waals surface area contributed by atoms with Gasteiger partial charge in [-0.3, -0.25) is 5.32 Å². The zero-order valence-electron chi connectivity index (χ0n) is 9.09. The van der Waals surface area contributed by atoms with E-state index in [-0.39, 0.29) is 11.8 Å². The van der Waals surface area contributed by atoms with Crippen LogP contribution in [-0.2, 0) is 11.2 Å². The van der Waals surface area contributed by atoms with E-state index < -0.39 is 0 Å². The van der Waals surface area contributed by atoms with Crippen molar-refractivity contribution in [2.24, 2.45) is 0 Å². The van der Waals surface area contributed by atoms with Crippen molar-refractivity contribution < 1.29 is 4.74 Å². The van der Waals surface area contributed by atoms with Crippen LogP contribution in [0.4, 0.5) is 0 Å². The smallest absolute Gasteiger partial charge is 0.113 e. The van der Waals surface area contributed by atoms with Gasteiger partial charge in [0.05, 0.1) is 5.60 Å². The quantitative estimate of drug-likeness (QED) is 0.892. The van der Waals surface area contributed by atoms with E-state index in [2.05, 4.69) is 59.4 Å². The Morgan fingerprint density at radius 2 is 2.07 bits per heavy atom. The minimum Gasteiger partial charge on any atom is -0.356 e. The number of hydrogen-bond acceptors (Lipinski definition) is 2. The summed E-state index contributed by atoms with van der Waals surface area (Å²) in [6.07, 6.45) is 1.08. The maximum absolute atomic E-state index is 5.86. The Hall–Kier alpha value is -0.380. The molecule has 0 aromatic heterocycles. The van der Waals surface area contributed by atoms with Crippen molar-refractivity contribution in [2.75, 3.05) is 6.54 Å². The largest absolute Gasteiger partial charge is 0.356 e. The molecule has 1 fully saturated rings. The Kier molecular flexibility index (Phi) is 3.14. The van der Waals surface area contributed by atoms with Gasteiger partial charge in [-0.05, 0) is 31.5 Å². The highest BCUT2D eigenvalue weighted by molar-refractivity contribution is 9.10. The van der Waals surface area contributed by atoms with Gasteiger partial charge < -0.3 is 4.74 Å². The molecule has 1 heterocycles. The number of benzene rings is 1. The molecular formula is C12H16BrNO. The fourth-order valence-electron chi connectivity index (χ4n) is 1.78. The van der Waals surface area contributed by atoms with Crippen molar-refractivity contribution >= 4 is 15.9 Å². The monoisotopic (exact) mass is 269 g/mol. The zero-order valence-corrected chi connectivity index (χ0v) is 10.7. The van der Waals surface area contributed by atoms with Gasteiger partial charge in [-0.25, -0.2) is 0 Å². The Balaban J connectivity index is 1.96. The van der Waals surface area contributed by atoms with Crippen LogP contribution in [0.1, 0.15) is 19.4 Å². The van der Waals surface area contributed by atoms with E-state index in [1.54, 1.807) is 0 Å². The predicted molar refractivity (Wildman–Crippen MR) is 64.8 cm³/mol. The molecule has 0 radical (unpaired) electrons. The van der Waals surface area contributed by atoms with Crippen molar-refractivity contribution in [3.8, 4) is 0 Å². The summed E-state index contributed by atoms with van der Waals surface area (Å²) >= 11 is 3.43. The van der Waals surface area contributed by atoms with Crippen molar-refractivity contribution in [1.82, 2.24) is 5.32 Å². The topological polar surface area (TPSA) is 21.3 Å². The van der Waals surface area contributed by atoms with Crippen LogP contribution < -0.4 is 5.32 Å². The van der Waals surface area contributed by atoms with Gasteiger partial charge in [-0.1, -0.05) is 28.1 Å². The van der Waals surface area contributed by atoms with Crippen molar-refractivity contribution in [1.29, 1.82) is 0 Å². The second-order valence-corrected chi connectivity index (χ2v) is 5.49. The molecule has 1 aliphatic rings. The molecule has 1 atom stereocenters. The van der Waals surface area contributed by atoms with Gasteiger partial charge in [0.25, 0.3) is 0 Å². The van der Waals surface area contributed by atoms with Crippen LogP contribution >= 0.6 is 15.9 Å². The fourth-order valence-corrected chi connectivity index (χ4v) is 2.04. The summed E-state index contributed by atoms with van der Waals surface area (Å²) in [6, 6.07) is 8.38. The standard InChI is InChI=1S/C12H16BrNO/c1-12(2)8-14-11(15-12)7-9-3-5-10(13)6-4-9/h3-6,11,14H,7-8H2,1-2H3. The first-order valence-corrected chi connectivity index (χ1v) is 6.00. The number of ether oxygens (including phenoxy) is 1. The van der Waals surface area contributed by atoms with E-state index in [9.17, 15) is 0 Å². The van der Waals surface area contributed by atoms with E-state index in [0.29, 0.717) is 0 Å². The molecule has 1 aromatic carbocycles. The van der Waals surface area contributed by atoms with Gasteiger partial charge in [0, 0.05) is 17.4 Å². The lowest BCUT2D eigenvalue weighted by atomic mass is 10.1. The first-order chi connectivity index (χ1) is 7.05. The molecule has 0 bridgehead atoms. The molecule has 1 aliphatic heterocycles. The summed E-state index contributed by atoms with van der Waals surface area (Å²) in [5.41, 5.74) is 1.27. The molecule has 1 saturated heterocycles. The highest BCUT2D eigenvalue weighted by Crippen LogP contribution is 2.20. The summed E-state index contributed by atoms with van der Waals surface area (Å²) in [4.78, 5) is 0. The lowest BCUT2D eigenvalue weighted by Gasteiger charge is -2.17. The third kappa shape index (κ3) is 3.03. The average molecular weight is 270 g/mol. The zero-order chi connectivity index (χ0) is 10.9. The maximum atomic E-state index is 5.86. The Labute approximate surface area is 99.1 Å². The third-order valence-electron chi connectivity index (χ3n) is 2.55. The lowest BCUT2D eigenvalue weighted by molar-refractivity contribution is -0.0136. The van der Waals surface area contributed by atoms with Crippen LogP contribution in [0.25, 0.3) is 0 Å². The predicted octanol–water partition coefficient (Wildman–Crippen LogP) is 2.72. The van der Waals surface area contributed by atoms with E-state index in [1.165, 1.54) is 5.56 Å². The molecule has 0 amide bonds. The van der Waals surface area contributed by atoms with Gasteiger partial charge in [0.15, 0.2) is 0 Å². The Morgan fingerprint density at radius 1 is 1.40 bits per heavy atom. The third-order valence-corrected chi connectivity index (χ3v) is 3.08. The normalized spacial score (nSPS) is 24.3. The second-order valence-electron chi connectivity index (χ2n) is 4.58. The minimum absolute atomic E-state index is 0.0277. The fraction of sp³-hybridized carbons (Fsp3) is 0.500. The van der Waals surface area contributed by atoms with Crippen molar-refractivity contribution in [3.05, 3.63) is 34.3 Å². The SMILES string of the molecule is CC1(C)CNC(Cc2ccc(Br)cc2)O1. The molecule has 0 aliphatic carbocycles. The van der Waals surface area contributed by atoms with Crippen LogP contribution in [0.5, 0.6) is 0 Å². The molecule has 1 unspecified atom stereocenters. The number of nitrogens with one attached hydrogen (secondary N) is 1. The summed E-state index contributed by atoms with van der Waals surface area (Å²) in [5.74, 6) is 0. The molecule has 2 nitrogen and oxygen atoms in total. The first-order valence-electron chi connectivity index (χ1n) is 5.21. The molecule has 0 saturated carbocycles. The van der Waals surface area contributed by atoms with Crippen LogP contribution in [0.3, 0.4) is 0 Å². The van der Waals surface area contributed by atoms with Crippen LogP contribution in [0, 0.1) is 0 Å². The van der Waals surface area contributed by atoms with Gasteiger partial charge in [0.2, 0.25) is 0 Å². The first kappa shape index (κ1) is 11.1. The maximum Gasteiger partial charge on any atom is 0.113 e. The second kappa shape index (κ2) is 4.24. The molecule has 1 aromatic rings. The molecule has 15 heavy (non-hydrogen) atoms. The molecule has 3 heteroatoms. The van der Waals surface area contributed by atoms with Gasteiger partial charge >= 0.3 is 0 Å². The summed E-state index contributed by atoms with van der Waals surface area (Å²) < 4.78 is 6.98. The van der Waals surface area contributed by atoms with E-state index in [4.69, 9.17) is 4.74 Å². The number of rotatable bonds is 2. The minimum atomic E-state index is -0.0277. The Morgan fingerprint density at radius 3 is 2.60 bits per heavy atom. The molecule has 1 N–H and O–H groups in total. The number of halogens is 1. The summed E-state index contributed by atoms with van der Waals surface area (Å²) in [5, 5.41) is 3.38. The summed E-state index contributed by atoms with van der Waals surface area (Å²) in [7, 11) is 0. The van der Waals surface area contributed by atoms with Crippen LogP contribution in [0.15, 0.2) is 28.7 Å². The highest BCUT2D eigenvalue weighted by Gasteiger charge is 2.30. The van der Waals surface area contributed by atoms with Crippen LogP contribution in [0.2, 0.25) is 0 Å². The van der Waals surface area contributed by atoms with Gasteiger partial charge in [-0.15, -0.1) is 0 Å². The molecule has 82 valence electrons. The highest BCUT2D eigenvalue weighted by atomic mass is 79.9. The summed E-state index contributed by atoms with van der Waals surface area (Å²) in [6.45, 7) is 5.15. The van der Waals surface area contributed by atoms with Crippen molar-refractivity contribution in [3.63, 3.8) is 0 Å². The lowest BCUT2D eigenvalue weighted by Crippen LogP contribution is -2.24. The average Bonchev–Trinajstić information content (AvgIpc) is 2.50. The molecule has 0 spiro atoms. The number of hydrogen-bond donors (Lipinski definition) is 1. The molecular weight excluding hydrogens is 254 g/mol. The molecule has 2 rings (SSSR count). The van der Waals surface area contributed by atoms with Gasteiger partial charge in [0.1, 0.15) is 6.23 Å². The van der Waals surface area contributed by atoms with Gasteiger partial charge in [-0.2, -0.15) is 0 Å². The van der Waals surface area contributed by atoms with E-state index in [0.717, 1.165) is 17.4 Å².